The lowest BCUT2D eigenvalue weighted by Gasteiger charge is -2.10. The normalized spacial score (nSPS) is 11.6. The third-order valence-corrected chi connectivity index (χ3v) is 4.62. The zero-order valence-corrected chi connectivity index (χ0v) is 14.0. The van der Waals surface area contributed by atoms with Gasteiger partial charge in [-0.05, 0) is 44.2 Å². The van der Waals surface area contributed by atoms with E-state index in [4.69, 9.17) is 4.74 Å². The second-order valence-electron chi connectivity index (χ2n) is 4.66. The maximum atomic E-state index is 12.0. The van der Waals surface area contributed by atoms with Crippen LogP contribution in [0, 0.1) is 0 Å². The van der Waals surface area contributed by atoms with Gasteiger partial charge in [0.05, 0.1) is 6.20 Å². The Morgan fingerprint density at radius 3 is 2.33 bits per heavy atom. The van der Waals surface area contributed by atoms with Gasteiger partial charge in [0, 0.05) is 16.6 Å². The van der Waals surface area contributed by atoms with Crippen LogP contribution < -0.4 is 9.46 Å². The zero-order valence-electron chi connectivity index (χ0n) is 11.6. The van der Waals surface area contributed by atoms with Gasteiger partial charge in [-0.15, -0.1) is 0 Å². The molecule has 5 nitrogen and oxygen atoms in total. The van der Waals surface area contributed by atoms with E-state index >= 15 is 0 Å². The molecule has 1 heterocycles. The lowest BCUT2D eigenvalue weighted by Crippen LogP contribution is -2.30. The second-order valence-corrected chi connectivity index (χ2v) is 7.29. The molecule has 0 saturated carbocycles. The predicted octanol–water partition coefficient (Wildman–Crippen LogP) is 3.32. The SMILES string of the molecule is CC(C)NS(=O)(=O)c1ccc(Oc2ccc(Br)cc2)nc1. The molecule has 2 rings (SSSR count). The summed E-state index contributed by atoms with van der Waals surface area (Å²) in [6.45, 7) is 3.52. The van der Waals surface area contributed by atoms with Crippen molar-refractivity contribution in [3.63, 3.8) is 0 Å². The lowest BCUT2D eigenvalue weighted by molar-refractivity contribution is 0.461. The van der Waals surface area contributed by atoms with Crippen molar-refractivity contribution in [1.82, 2.24) is 9.71 Å². The number of sulfonamides is 1. The van der Waals surface area contributed by atoms with Crippen LogP contribution >= 0.6 is 15.9 Å². The molecule has 112 valence electrons. The van der Waals surface area contributed by atoms with Crippen LogP contribution in [0.2, 0.25) is 0 Å². The summed E-state index contributed by atoms with van der Waals surface area (Å²) < 4.78 is 32.9. The summed E-state index contributed by atoms with van der Waals surface area (Å²) in [5.74, 6) is 0.961. The van der Waals surface area contributed by atoms with Gasteiger partial charge in [-0.2, -0.15) is 0 Å². The van der Waals surface area contributed by atoms with Gasteiger partial charge in [0.1, 0.15) is 10.6 Å². The van der Waals surface area contributed by atoms with Crippen LogP contribution in [-0.4, -0.2) is 19.4 Å². The second kappa shape index (κ2) is 6.55. The minimum absolute atomic E-state index is 0.111. The fourth-order valence-electron chi connectivity index (χ4n) is 1.59. The van der Waals surface area contributed by atoms with E-state index in [0.29, 0.717) is 11.6 Å². The number of rotatable bonds is 5. The Labute approximate surface area is 132 Å². The molecule has 0 aliphatic carbocycles. The molecule has 1 aromatic heterocycles. The van der Waals surface area contributed by atoms with Crippen molar-refractivity contribution < 1.29 is 13.2 Å². The number of ether oxygens (including phenoxy) is 1. The Bertz CT molecular complexity index is 698. The number of pyridine rings is 1. The molecule has 0 aliphatic heterocycles. The molecule has 0 saturated heterocycles. The molecular formula is C14H15BrN2O3S. The first-order valence-corrected chi connectivity index (χ1v) is 8.56. The van der Waals surface area contributed by atoms with E-state index in [-0.39, 0.29) is 10.9 Å². The summed E-state index contributed by atoms with van der Waals surface area (Å²) in [4.78, 5) is 4.13. The fourth-order valence-corrected chi connectivity index (χ4v) is 3.05. The van der Waals surface area contributed by atoms with Gasteiger partial charge in [-0.3, -0.25) is 0 Å². The molecule has 0 unspecified atom stereocenters. The van der Waals surface area contributed by atoms with Crippen molar-refractivity contribution in [3.8, 4) is 11.6 Å². The molecule has 0 fully saturated rings. The summed E-state index contributed by atoms with van der Waals surface area (Å²) in [5.41, 5.74) is 0. The van der Waals surface area contributed by atoms with Crippen molar-refractivity contribution in [2.75, 3.05) is 0 Å². The fraction of sp³-hybridized carbons (Fsp3) is 0.214. The van der Waals surface area contributed by atoms with Crippen molar-refractivity contribution in [2.45, 2.75) is 24.8 Å². The van der Waals surface area contributed by atoms with Crippen LogP contribution in [0.4, 0.5) is 0 Å². The maximum Gasteiger partial charge on any atom is 0.242 e. The Balaban J connectivity index is 2.14. The van der Waals surface area contributed by atoms with E-state index in [1.54, 1.807) is 26.0 Å². The van der Waals surface area contributed by atoms with Crippen LogP contribution in [0.1, 0.15) is 13.8 Å². The van der Waals surface area contributed by atoms with Gasteiger partial charge in [-0.25, -0.2) is 18.1 Å². The molecule has 1 N–H and O–H groups in total. The molecule has 1 aromatic carbocycles. The molecule has 0 aliphatic rings. The number of nitrogens with zero attached hydrogens (tertiary/aromatic N) is 1. The van der Waals surface area contributed by atoms with Gasteiger partial charge in [0.25, 0.3) is 0 Å². The predicted molar refractivity (Wildman–Crippen MR) is 83.9 cm³/mol. The molecule has 21 heavy (non-hydrogen) atoms. The molecule has 0 bridgehead atoms. The number of halogens is 1. The van der Waals surface area contributed by atoms with Crippen LogP contribution in [0.3, 0.4) is 0 Å². The third kappa shape index (κ3) is 4.52. The number of aromatic nitrogens is 1. The topological polar surface area (TPSA) is 68.3 Å². The molecule has 2 aromatic rings. The van der Waals surface area contributed by atoms with E-state index in [9.17, 15) is 8.42 Å². The van der Waals surface area contributed by atoms with E-state index in [1.807, 2.05) is 12.1 Å². The Morgan fingerprint density at radius 1 is 1.14 bits per heavy atom. The van der Waals surface area contributed by atoms with Gasteiger partial charge < -0.3 is 4.74 Å². The number of benzene rings is 1. The monoisotopic (exact) mass is 370 g/mol. The molecule has 0 atom stereocenters. The molecule has 7 heteroatoms. The van der Waals surface area contributed by atoms with Crippen LogP contribution in [0.5, 0.6) is 11.6 Å². The summed E-state index contributed by atoms with van der Waals surface area (Å²) in [6.07, 6.45) is 1.28. The van der Waals surface area contributed by atoms with Crippen LogP contribution in [0.25, 0.3) is 0 Å². The molecular weight excluding hydrogens is 356 g/mol. The van der Waals surface area contributed by atoms with Crippen molar-refractivity contribution in [2.24, 2.45) is 0 Å². The smallest absolute Gasteiger partial charge is 0.242 e. The zero-order chi connectivity index (χ0) is 15.5. The van der Waals surface area contributed by atoms with Crippen LogP contribution in [0.15, 0.2) is 52.0 Å². The van der Waals surface area contributed by atoms with Crippen molar-refractivity contribution >= 4 is 26.0 Å². The quantitative estimate of drug-likeness (QED) is 0.876. The lowest BCUT2D eigenvalue weighted by atomic mass is 10.3. The third-order valence-electron chi connectivity index (χ3n) is 2.45. The average Bonchev–Trinajstić information content (AvgIpc) is 2.41. The first-order valence-electron chi connectivity index (χ1n) is 6.28. The highest BCUT2D eigenvalue weighted by Crippen LogP contribution is 2.22. The molecule has 0 radical (unpaired) electrons. The summed E-state index contributed by atoms with van der Waals surface area (Å²) >= 11 is 3.34. The van der Waals surface area contributed by atoms with E-state index in [0.717, 1.165) is 4.47 Å². The van der Waals surface area contributed by atoms with E-state index in [1.165, 1.54) is 18.3 Å². The molecule has 0 spiro atoms. The first-order chi connectivity index (χ1) is 9.87. The van der Waals surface area contributed by atoms with Crippen molar-refractivity contribution in [1.29, 1.82) is 0 Å². The van der Waals surface area contributed by atoms with E-state index < -0.39 is 10.0 Å². The summed E-state index contributed by atoms with van der Waals surface area (Å²) in [5, 5.41) is 0. The standard InChI is InChI=1S/C14H15BrN2O3S/c1-10(2)17-21(18,19)13-7-8-14(16-9-13)20-12-5-3-11(15)4-6-12/h3-10,17H,1-2H3. The number of hydrogen-bond acceptors (Lipinski definition) is 4. The highest BCUT2D eigenvalue weighted by molar-refractivity contribution is 9.10. The first kappa shape index (κ1) is 15.9. The van der Waals surface area contributed by atoms with Gasteiger partial charge >= 0.3 is 0 Å². The van der Waals surface area contributed by atoms with Crippen LogP contribution in [-0.2, 0) is 10.0 Å². The van der Waals surface area contributed by atoms with Gasteiger partial charge in [-0.1, -0.05) is 15.9 Å². The van der Waals surface area contributed by atoms with E-state index in [2.05, 4.69) is 25.6 Å². The number of hydrogen-bond donors (Lipinski definition) is 1. The summed E-state index contributed by atoms with van der Waals surface area (Å²) in [6, 6.07) is 10.1. The molecule has 0 amide bonds. The highest BCUT2D eigenvalue weighted by Gasteiger charge is 2.15. The van der Waals surface area contributed by atoms with Gasteiger partial charge in [0.2, 0.25) is 15.9 Å². The Kier molecular flexibility index (Phi) is 4.97. The number of nitrogens with one attached hydrogen (secondary N) is 1. The highest BCUT2D eigenvalue weighted by atomic mass is 79.9. The minimum atomic E-state index is -3.53. The summed E-state index contributed by atoms with van der Waals surface area (Å²) in [7, 11) is -3.53. The van der Waals surface area contributed by atoms with Crippen molar-refractivity contribution in [3.05, 3.63) is 47.1 Å². The Morgan fingerprint density at radius 2 is 1.81 bits per heavy atom. The maximum absolute atomic E-state index is 12.0. The Hall–Kier alpha value is -1.44. The minimum Gasteiger partial charge on any atom is -0.439 e. The average molecular weight is 371 g/mol. The van der Waals surface area contributed by atoms with Gasteiger partial charge in [0.15, 0.2) is 0 Å². The largest absolute Gasteiger partial charge is 0.439 e.